The summed E-state index contributed by atoms with van der Waals surface area (Å²) in [6.07, 6.45) is -2.59. The highest BCUT2D eigenvalue weighted by atomic mass is 28.4. The predicted octanol–water partition coefficient (Wildman–Crippen LogP) is 4.87. The number of aliphatic hydroxyl groups excluding tert-OH is 1. The molecule has 1 aromatic rings. The van der Waals surface area contributed by atoms with Crippen molar-refractivity contribution in [3.05, 3.63) is 29.8 Å². The van der Waals surface area contributed by atoms with Gasteiger partial charge in [-0.1, -0.05) is 46.8 Å². The summed E-state index contributed by atoms with van der Waals surface area (Å²) in [4.78, 5) is 11.8. The molecule has 7 heteroatoms. The van der Waals surface area contributed by atoms with Crippen LogP contribution in [0.1, 0.15) is 59.8 Å². The van der Waals surface area contributed by atoms with Gasteiger partial charge in [0.1, 0.15) is 11.5 Å². The van der Waals surface area contributed by atoms with Crippen LogP contribution in [-0.4, -0.2) is 51.2 Å². The van der Waals surface area contributed by atoms with E-state index in [-0.39, 0.29) is 17.2 Å². The second kappa shape index (κ2) is 9.71. The van der Waals surface area contributed by atoms with E-state index in [0.29, 0.717) is 6.61 Å². The van der Waals surface area contributed by atoms with Crippen molar-refractivity contribution < 1.29 is 28.5 Å². The molecule has 1 aromatic carbocycles. The minimum absolute atomic E-state index is 0.0310. The maximum Gasteiger partial charge on any atom is 0.192 e. The van der Waals surface area contributed by atoms with E-state index < -0.39 is 38.3 Å². The topological polar surface area (TPSA) is 74.2 Å². The summed E-state index contributed by atoms with van der Waals surface area (Å²) in [7, 11) is -0.625. The molecule has 176 valence electrons. The Morgan fingerprint density at radius 2 is 1.84 bits per heavy atom. The molecule has 2 rings (SSSR count). The SMILES string of the molecule is COc1ccc([C@H]2OCC(C)(C)[C@@H]([C@@H](O[Si](C)(C)C(C)(C)C)[C@H](O)CC(C)=O)O2)cc1. The van der Waals surface area contributed by atoms with Gasteiger partial charge >= 0.3 is 0 Å². The molecule has 0 aromatic heterocycles. The quantitative estimate of drug-likeness (QED) is 0.568. The van der Waals surface area contributed by atoms with E-state index in [1.165, 1.54) is 6.92 Å². The van der Waals surface area contributed by atoms with Crippen LogP contribution in [0.5, 0.6) is 5.75 Å². The van der Waals surface area contributed by atoms with Gasteiger partial charge in [-0.15, -0.1) is 0 Å². The monoisotopic (exact) mass is 452 g/mol. The number of carbonyl (C=O) groups is 1. The molecule has 1 saturated heterocycles. The minimum atomic E-state index is -2.25. The summed E-state index contributed by atoms with van der Waals surface area (Å²) in [6.45, 7) is 16.8. The Morgan fingerprint density at radius 3 is 2.32 bits per heavy atom. The van der Waals surface area contributed by atoms with Crippen LogP contribution < -0.4 is 4.74 Å². The number of Topliss-reactive ketones (excluding diaryl/α,β-unsaturated/α-hetero) is 1. The number of hydrogen-bond donors (Lipinski definition) is 1. The molecule has 0 spiro atoms. The summed E-state index contributed by atoms with van der Waals surface area (Å²) >= 11 is 0. The van der Waals surface area contributed by atoms with E-state index in [0.717, 1.165) is 11.3 Å². The minimum Gasteiger partial charge on any atom is -0.497 e. The third-order valence-corrected chi connectivity index (χ3v) is 10.9. The number of rotatable bonds is 8. The lowest BCUT2D eigenvalue weighted by Gasteiger charge is -2.49. The summed E-state index contributed by atoms with van der Waals surface area (Å²) in [6, 6.07) is 7.55. The van der Waals surface area contributed by atoms with Crippen LogP contribution in [0, 0.1) is 5.41 Å². The standard InChI is InChI=1S/C24H40O6Si/c1-16(25)14-19(26)20(30-31(8,9)23(2,3)4)21-24(5,6)15-28-22(29-21)17-10-12-18(27-7)13-11-17/h10-13,19-22,26H,14-15H2,1-9H3/t19-,20+,21-,22+/m1/s1. The number of ketones is 1. The maximum absolute atomic E-state index is 11.8. The molecule has 1 fully saturated rings. The molecule has 0 unspecified atom stereocenters. The third-order valence-electron chi connectivity index (χ3n) is 6.45. The van der Waals surface area contributed by atoms with Gasteiger partial charge in [0.2, 0.25) is 0 Å². The van der Waals surface area contributed by atoms with E-state index in [1.54, 1.807) is 7.11 Å². The Labute approximate surface area is 188 Å². The lowest BCUT2D eigenvalue weighted by molar-refractivity contribution is -0.289. The lowest BCUT2D eigenvalue weighted by Crippen LogP contribution is -2.58. The molecule has 1 heterocycles. The van der Waals surface area contributed by atoms with Crippen LogP contribution >= 0.6 is 0 Å². The smallest absolute Gasteiger partial charge is 0.192 e. The maximum atomic E-state index is 11.8. The van der Waals surface area contributed by atoms with Gasteiger partial charge in [0.25, 0.3) is 0 Å². The molecule has 4 atom stereocenters. The van der Waals surface area contributed by atoms with Crippen molar-refractivity contribution in [1.29, 1.82) is 0 Å². The van der Waals surface area contributed by atoms with Crippen molar-refractivity contribution in [1.82, 2.24) is 0 Å². The molecule has 1 N–H and O–H groups in total. The second-order valence-electron chi connectivity index (χ2n) is 10.8. The highest BCUT2D eigenvalue weighted by molar-refractivity contribution is 6.74. The predicted molar refractivity (Wildman–Crippen MR) is 124 cm³/mol. The Balaban J connectivity index is 2.37. The highest BCUT2D eigenvalue weighted by Gasteiger charge is 2.50. The van der Waals surface area contributed by atoms with Crippen LogP contribution in [0.4, 0.5) is 0 Å². The number of benzene rings is 1. The molecular weight excluding hydrogens is 412 g/mol. The summed E-state index contributed by atoms with van der Waals surface area (Å²) in [5, 5.41) is 11.0. The largest absolute Gasteiger partial charge is 0.497 e. The summed E-state index contributed by atoms with van der Waals surface area (Å²) in [5.74, 6) is 0.681. The molecule has 31 heavy (non-hydrogen) atoms. The van der Waals surface area contributed by atoms with Crippen LogP contribution in [0.25, 0.3) is 0 Å². The number of hydrogen-bond acceptors (Lipinski definition) is 6. The van der Waals surface area contributed by atoms with Gasteiger partial charge in [-0.2, -0.15) is 0 Å². The van der Waals surface area contributed by atoms with Crippen LogP contribution in [0.2, 0.25) is 18.1 Å². The molecule has 0 radical (unpaired) electrons. The Morgan fingerprint density at radius 1 is 1.26 bits per heavy atom. The normalized spacial score (nSPS) is 23.8. The fraction of sp³-hybridized carbons (Fsp3) is 0.708. The van der Waals surface area contributed by atoms with Crippen molar-refractivity contribution in [2.75, 3.05) is 13.7 Å². The van der Waals surface area contributed by atoms with E-state index >= 15 is 0 Å². The van der Waals surface area contributed by atoms with Crippen molar-refractivity contribution in [2.24, 2.45) is 5.41 Å². The van der Waals surface area contributed by atoms with E-state index in [2.05, 4.69) is 33.9 Å². The van der Waals surface area contributed by atoms with Crippen LogP contribution in [0.15, 0.2) is 24.3 Å². The van der Waals surface area contributed by atoms with Crippen molar-refractivity contribution in [3.8, 4) is 5.75 Å². The van der Waals surface area contributed by atoms with Crippen molar-refractivity contribution >= 4 is 14.1 Å². The molecule has 0 amide bonds. The lowest BCUT2D eigenvalue weighted by atomic mass is 9.81. The molecule has 0 saturated carbocycles. The van der Waals surface area contributed by atoms with Crippen molar-refractivity contribution in [2.45, 2.75) is 90.7 Å². The number of ether oxygens (including phenoxy) is 3. The molecular formula is C24H40O6Si. The third kappa shape index (κ3) is 6.39. The van der Waals surface area contributed by atoms with Crippen LogP contribution in [-0.2, 0) is 18.7 Å². The first-order valence-electron chi connectivity index (χ1n) is 10.9. The van der Waals surface area contributed by atoms with Gasteiger partial charge in [0.15, 0.2) is 14.6 Å². The fourth-order valence-electron chi connectivity index (χ4n) is 3.46. The van der Waals surface area contributed by atoms with Crippen LogP contribution in [0.3, 0.4) is 0 Å². The Hall–Kier alpha value is -1.25. The highest BCUT2D eigenvalue weighted by Crippen LogP contribution is 2.43. The van der Waals surface area contributed by atoms with Crippen molar-refractivity contribution in [3.63, 3.8) is 0 Å². The summed E-state index contributed by atoms with van der Waals surface area (Å²) in [5.41, 5.74) is 0.460. The first-order chi connectivity index (χ1) is 14.2. The zero-order valence-corrected chi connectivity index (χ0v) is 21.5. The molecule has 0 aliphatic carbocycles. The average Bonchev–Trinajstić information content (AvgIpc) is 2.65. The van der Waals surface area contributed by atoms with E-state index in [4.69, 9.17) is 18.6 Å². The van der Waals surface area contributed by atoms with Gasteiger partial charge in [0, 0.05) is 17.4 Å². The number of methoxy groups -OCH3 is 1. The average molecular weight is 453 g/mol. The Kier molecular flexibility index (Phi) is 8.14. The van der Waals surface area contributed by atoms with E-state index in [1.807, 2.05) is 38.1 Å². The summed E-state index contributed by atoms with van der Waals surface area (Å²) < 4.78 is 24.4. The Bertz CT molecular complexity index is 737. The molecule has 0 bridgehead atoms. The van der Waals surface area contributed by atoms with Gasteiger partial charge in [-0.05, 0) is 37.2 Å². The van der Waals surface area contributed by atoms with E-state index in [9.17, 15) is 9.90 Å². The second-order valence-corrected chi connectivity index (χ2v) is 15.5. The first-order valence-corrected chi connectivity index (χ1v) is 13.8. The first kappa shape index (κ1) is 26.0. The zero-order chi connectivity index (χ0) is 23.6. The number of aliphatic hydroxyl groups is 1. The van der Waals surface area contributed by atoms with Gasteiger partial charge in [-0.25, -0.2) is 0 Å². The number of carbonyl (C=O) groups excluding carboxylic acids is 1. The molecule has 1 aliphatic rings. The zero-order valence-electron chi connectivity index (χ0n) is 20.5. The molecule has 1 aliphatic heterocycles. The fourth-order valence-corrected chi connectivity index (χ4v) is 4.77. The van der Waals surface area contributed by atoms with Gasteiger partial charge in [0.05, 0.1) is 32.0 Å². The van der Waals surface area contributed by atoms with Gasteiger partial charge in [-0.3, -0.25) is 4.79 Å². The van der Waals surface area contributed by atoms with Gasteiger partial charge < -0.3 is 23.7 Å². The molecule has 6 nitrogen and oxygen atoms in total.